The Morgan fingerprint density at radius 1 is 1.23 bits per heavy atom. The SMILES string of the molecule is O=C1NC(=S)N/C1=C\c1ccc(-c2ccc3c(c2)CN(C(=O)O)C3=O)s1. The van der Waals surface area contributed by atoms with Gasteiger partial charge < -0.3 is 10.4 Å². The average Bonchev–Trinajstić information content (AvgIpc) is 3.26. The molecule has 2 aliphatic heterocycles. The molecule has 1 aromatic heterocycles. The molecule has 0 spiro atoms. The molecule has 4 rings (SSSR count). The number of carboxylic acid groups (broad SMARTS) is 1. The molecule has 2 aliphatic rings. The molecule has 0 aliphatic carbocycles. The fourth-order valence-corrected chi connectivity index (χ4v) is 3.99. The molecule has 0 bridgehead atoms. The minimum atomic E-state index is -1.25. The van der Waals surface area contributed by atoms with Crippen molar-refractivity contribution in [2.45, 2.75) is 6.54 Å². The monoisotopic (exact) mass is 385 g/mol. The molecular formula is C17H11N3O4S2. The van der Waals surface area contributed by atoms with Gasteiger partial charge in [-0.3, -0.25) is 14.9 Å². The fourth-order valence-electron chi connectivity index (χ4n) is 2.84. The van der Waals surface area contributed by atoms with Crippen molar-refractivity contribution >= 4 is 52.7 Å². The number of thiophene rings is 1. The first kappa shape index (κ1) is 16.4. The molecule has 0 atom stereocenters. The van der Waals surface area contributed by atoms with Crippen LogP contribution < -0.4 is 10.6 Å². The second-order valence-corrected chi connectivity index (χ2v) is 7.24. The van der Waals surface area contributed by atoms with E-state index >= 15 is 0 Å². The van der Waals surface area contributed by atoms with Crippen LogP contribution in [0.3, 0.4) is 0 Å². The summed E-state index contributed by atoms with van der Waals surface area (Å²) in [6, 6.07) is 9.06. The van der Waals surface area contributed by atoms with Gasteiger partial charge in [0.2, 0.25) is 0 Å². The topological polar surface area (TPSA) is 98.7 Å². The number of fused-ring (bicyclic) bond motifs is 1. The van der Waals surface area contributed by atoms with Gasteiger partial charge in [-0.15, -0.1) is 11.3 Å². The van der Waals surface area contributed by atoms with Gasteiger partial charge in [0.25, 0.3) is 11.8 Å². The second-order valence-electron chi connectivity index (χ2n) is 5.71. The van der Waals surface area contributed by atoms with Crippen molar-refractivity contribution in [1.29, 1.82) is 0 Å². The van der Waals surface area contributed by atoms with Crippen LogP contribution in [-0.2, 0) is 11.3 Å². The lowest BCUT2D eigenvalue weighted by atomic mass is 10.1. The van der Waals surface area contributed by atoms with Gasteiger partial charge in [0.15, 0.2) is 5.11 Å². The van der Waals surface area contributed by atoms with E-state index in [2.05, 4.69) is 10.6 Å². The molecular weight excluding hydrogens is 374 g/mol. The van der Waals surface area contributed by atoms with Gasteiger partial charge in [0.1, 0.15) is 5.70 Å². The second kappa shape index (κ2) is 6.04. The fraction of sp³-hybridized carbons (Fsp3) is 0.0588. The standard InChI is InChI=1S/C17H11N3O4S2/c21-14-12(18-16(25)19-14)6-10-2-4-13(26-10)8-1-3-11-9(5-8)7-20(15(11)22)17(23)24/h1-6H,7H2,(H,23,24)(H2,18,19,21,25)/b12-6-. The summed E-state index contributed by atoms with van der Waals surface area (Å²) in [5.74, 6) is -0.764. The summed E-state index contributed by atoms with van der Waals surface area (Å²) in [6.45, 7) is 0.0567. The number of nitrogens with one attached hydrogen (secondary N) is 2. The number of rotatable bonds is 2. The highest BCUT2D eigenvalue weighted by atomic mass is 32.1. The largest absolute Gasteiger partial charge is 0.465 e. The molecule has 0 unspecified atom stereocenters. The quantitative estimate of drug-likeness (QED) is 0.542. The van der Waals surface area contributed by atoms with Crippen LogP contribution in [0.4, 0.5) is 4.79 Å². The predicted molar refractivity (Wildman–Crippen MR) is 99.5 cm³/mol. The van der Waals surface area contributed by atoms with Gasteiger partial charge in [0, 0.05) is 15.3 Å². The van der Waals surface area contributed by atoms with Crippen LogP contribution in [0.5, 0.6) is 0 Å². The molecule has 26 heavy (non-hydrogen) atoms. The van der Waals surface area contributed by atoms with Gasteiger partial charge >= 0.3 is 6.09 Å². The normalized spacial score (nSPS) is 17.5. The Balaban J connectivity index is 1.62. The summed E-state index contributed by atoms with van der Waals surface area (Å²) in [6.07, 6.45) is 0.462. The number of imide groups is 1. The third-order valence-electron chi connectivity index (χ3n) is 4.06. The van der Waals surface area contributed by atoms with E-state index in [1.807, 2.05) is 18.2 Å². The minimum Gasteiger partial charge on any atom is -0.465 e. The number of hydrogen-bond donors (Lipinski definition) is 3. The van der Waals surface area contributed by atoms with Gasteiger partial charge in [-0.05, 0) is 53.7 Å². The maximum atomic E-state index is 12.0. The highest BCUT2D eigenvalue weighted by Gasteiger charge is 2.32. The summed E-state index contributed by atoms with van der Waals surface area (Å²) in [5, 5.41) is 14.7. The van der Waals surface area contributed by atoms with Gasteiger partial charge in [-0.25, -0.2) is 9.69 Å². The zero-order chi connectivity index (χ0) is 18.4. The maximum Gasteiger partial charge on any atom is 0.414 e. The Hall–Kier alpha value is -3.04. The molecule has 3 amide bonds. The van der Waals surface area contributed by atoms with Gasteiger partial charge in [-0.1, -0.05) is 6.07 Å². The lowest BCUT2D eigenvalue weighted by molar-refractivity contribution is -0.115. The summed E-state index contributed by atoms with van der Waals surface area (Å²) in [7, 11) is 0. The van der Waals surface area contributed by atoms with E-state index in [1.165, 1.54) is 11.3 Å². The van der Waals surface area contributed by atoms with Crippen LogP contribution in [0.2, 0.25) is 0 Å². The third-order valence-corrected chi connectivity index (χ3v) is 5.34. The summed E-state index contributed by atoms with van der Waals surface area (Å²) >= 11 is 6.38. The molecule has 1 aromatic carbocycles. The Bertz CT molecular complexity index is 1020. The molecule has 1 fully saturated rings. The maximum absolute atomic E-state index is 12.0. The first-order chi connectivity index (χ1) is 12.4. The highest BCUT2D eigenvalue weighted by molar-refractivity contribution is 7.80. The minimum absolute atomic E-state index is 0.0567. The molecule has 9 heteroatoms. The number of amides is 3. The lowest BCUT2D eigenvalue weighted by Gasteiger charge is -2.06. The summed E-state index contributed by atoms with van der Waals surface area (Å²) < 4.78 is 0. The lowest BCUT2D eigenvalue weighted by Crippen LogP contribution is -2.29. The molecule has 1 saturated heterocycles. The zero-order valence-electron chi connectivity index (χ0n) is 13.1. The first-order valence-electron chi connectivity index (χ1n) is 7.54. The van der Waals surface area contributed by atoms with Crippen LogP contribution in [0.15, 0.2) is 36.0 Å². The number of thiocarbonyl (C=S) groups is 1. The first-order valence-corrected chi connectivity index (χ1v) is 8.77. The molecule has 3 heterocycles. The molecule has 2 aromatic rings. The number of hydrogen-bond acceptors (Lipinski definition) is 5. The van der Waals surface area contributed by atoms with E-state index in [4.69, 9.17) is 17.3 Å². The van der Waals surface area contributed by atoms with Crippen molar-refractivity contribution in [3.63, 3.8) is 0 Å². The van der Waals surface area contributed by atoms with E-state index in [-0.39, 0.29) is 17.6 Å². The van der Waals surface area contributed by atoms with Crippen molar-refractivity contribution in [3.05, 3.63) is 52.0 Å². The van der Waals surface area contributed by atoms with Crippen molar-refractivity contribution in [3.8, 4) is 10.4 Å². The molecule has 0 saturated carbocycles. The van der Waals surface area contributed by atoms with E-state index in [0.29, 0.717) is 16.8 Å². The number of carbonyl (C=O) groups excluding carboxylic acids is 2. The number of nitrogens with zero attached hydrogens (tertiary/aromatic N) is 1. The van der Waals surface area contributed by atoms with Crippen LogP contribution >= 0.6 is 23.6 Å². The molecule has 7 nitrogen and oxygen atoms in total. The smallest absolute Gasteiger partial charge is 0.414 e. The van der Waals surface area contributed by atoms with E-state index in [9.17, 15) is 14.4 Å². The number of benzene rings is 1. The Labute approximate surface area is 156 Å². The van der Waals surface area contributed by atoms with Crippen molar-refractivity contribution in [1.82, 2.24) is 15.5 Å². The molecule has 130 valence electrons. The van der Waals surface area contributed by atoms with E-state index in [1.54, 1.807) is 18.2 Å². The Morgan fingerprint density at radius 3 is 2.73 bits per heavy atom. The Morgan fingerprint density at radius 2 is 2.04 bits per heavy atom. The molecule has 0 radical (unpaired) electrons. The van der Waals surface area contributed by atoms with Crippen LogP contribution in [-0.4, -0.2) is 33.0 Å². The van der Waals surface area contributed by atoms with Crippen LogP contribution in [0.25, 0.3) is 16.5 Å². The van der Waals surface area contributed by atoms with E-state index in [0.717, 1.165) is 20.2 Å². The van der Waals surface area contributed by atoms with Crippen molar-refractivity contribution in [2.24, 2.45) is 0 Å². The zero-order valence-corrected chi connectivity index (χ0v) is 14.7. The van der Waals surface area contributed by atoms with Crippen molar-refractivity contribution < 1.29 is 19.5 Å². The van der Waals surface area contributed by atoms with Crippen LogP contribution in [0, 0.1) is 0 Å². The van der Waals surface area contributed by atoms with Crippen LogP contribution in [0.1, 0.15) is 20.8 Å². The summed E-state index contributed by atoms with van der Waals surface area (Å²) in [4.78, 5) is 37.4. The predicted octanol–water partition coefficient (Wildman–Crippen LogP) is 2.39. The Kier molecular flexibility index (Phi) is 3.82. The summed E-state index contributed by atoms with van der Waals surface area (Å²) in [5.41, 5.74) is 2.37. The van der Waals surface area contributed by atoms with Crippen molar-refractivity contribution in [2.75, 3.05) is 0 Å². The molecule has 3 N–H and O–H groups in total. The van der Waals surface area contributed by atoms with Gasteiger partial charge in [0.05, 0.1) is 6.54 Å². The van der Waals surface area contributed by atoms with E-state index < -0.39 is 12.0 Å². The van der Waals surface area contributed by atoms with Gasteiger partial charge in [-0.2, -0.15) is 0 Å². The third kappa shape index (κ3) is 2.76. The average molecular weight is 385 g/mol. The number of carbonyl (C=O) groups is 3. The highest BCUT2D eigenvalue weighted by Crippen LogP contribution is 2.33.